The standard InChI is InChI=1S/C20H24FN3O3/c1-14(13-27-3)24(12-15-7-9-17(21)10-8-15)20(26)23-18-6-4-5-16(11-18)19(25)22-2/h4-11,14H,12-13H2,1-3H3,(H,22,25)(H,23,26)/t14-/m1/s1. The first-order valence-electron chi connectivity index (χ1n) is 8.57. The quantitative estimate of drug-likeness (QED) is 0.783. The van der Waals surface area contributed by atoms with Gasteiger partial charge in [-0.15, -0.1) is 0 Å². The lowest BCUT2D eigenvalue weighted by atomic mass is 10.1. The predicted molar refractivity (Wildman–Crippen MR) is 102 cm³/mol. The van der Waals surface area contributed by atoms with Gasteiger partial charge in [0.1, 0.15) is 5.82 Å². The second-order valence-corrected chi connectivity index (χ2v) is 6.15. The van der Waals surface area contributed by atoms with E-state index in [1.54, 1.807) is 55.5 Å². The van der Waals surface area contributed by atoms with Crippen LogP contribution in [0.4, 0.5) is 14.9 Å². The first-order chi connectivity index (χ1) is 12.9. The molecule has 0 aliphatic heterocycles. The topological polar surface area (TPSA) is 70.7 Å². The average molecular weight is 373 g/mol. The molecule has 0 aromatic heterocycles. The van der Waals surface area contributed by atoms with Gasteiger partial charge in [-0.2, -0.15) is 0 Å². The Kier molecular flexibility index (Phi) is 7.31. The molecule has 0 aliphatic rings. The number of carbonyl (C=O) groups is 2. The minimum absolute atomic E-state index is 0.206. The number of rotatable bonds is 7. The van der Waals surface area contributed by atoms with Gasteiger partial charge in [-0.25, -0.2) is 9.18 Å². The first-order valence-corrected chi connectivity index (χ1v) is 8.57. The summed E-state index contributed by atoms with van der Waals surface area (Å²) in [5.74, 6) is -0.562. The molecule has 6 nitrogen and oxygen atoms in total. The Balaban J connectivity index is 2.18. The summed E-state index contributed by atoms with van der Waals surface area (Å²) in [6, 6.07) is 12.1. The van der Waals surface area contributed by atoms with E-state index < -0.39 is 0 Å². The molecule has 2 aromatic rings. The number of benzene rings is 2. The summed E-state index contributed by atoms with van der Waals surface area (Å²) in [4.78, 5) is 26.2. The van der Waals surface area contributed by atoms with Gasteiger partial charge in [-0.3, -0.25) is 4.79 Å². The highest BCUT2D eigenvalue weighted by Crippen LogP contribution is 2.15. The molecule has 7 heteroatoms. The third-order valence-electron chi connectivity index (χ3n) is 4.07. The first kappa shape index (κ1) is 20.4. The van der Waals surface area contributed by atoms with Gasteiger partial charge >= 0.3 is 6.03 Å². The molecule has 0 saturated carbocycles. The van der Waals surface area contributed by atoms with E-state index in [1.165, 1.54) is 12.1 Å². The second-order valence-electron chi connectivity index (χ2n) is 6.15. The molecule has 144 valence electrons. The smallest absolute Gasteiger partial charge is 0.322 e. The van der Waals surface area contributed by atoms with Crippen molar-refractivity contribution in [2.24, 2.45) is 0 Å². The molecule has 3 amide bonds. The Morgan fingerprint density at radius 2 is 1.89 bits per heavy atom. The molecule has 0 unspecified atom stereocenters. The summed E-state index contributed by atoms with van der Waals surface area (Å²) in [5.41, 5.74) is 1.76. The zero-order valence-electron chi connectivity index (χ0n) is 15.7. The minimum atomic E-state index is -0.335. The predicted octanol–water partition coefficient (Wildman–Crippen LogP) is 3.25. The Hall–Kier alpha value is -2.93. The number of anilines is 1. The van der Waals surface area contributed by atoms with Gasteiger partial charge in [0.15, 0.2) is 0 Å². The molecule has 2 aromatic carbocycles. The van der Waals surface area contributed by atoms with Crippen molar-refractivity contribution in [3.05, 3.63) is 65.5 Å². The number of carbonyl (C=O) groups excluding carboxylic acids is 2. The normalized spacial score (nSPS) is 11.6. The van der Waals surface area contributed by atoms with Crippen molar-refractivity contribution in [3.63, 3.8) is 0 Å². The van der Waals surface area contributed by atoms with E-state index in [9.17, 15) is 14.0 Å². The average Bonchev–Trinajstić information content (AvgIpc) is 2.67. The highest BCUT2D eigenvalue weighted by molar-refractivity contribution is 5.96. The van der Waals surface area contributed by atoms with Crippen LogP contribution in [0.15, 0.2) is 48.5 Å². The van der Waals surface area contributed by atoms with Gasteiger partial charge < -0.3 is 20.3 Å². The van der Waals surface area contributed by atoms with Crippen molar-refractivity contribution in [1.29, 1.82) is 0 Å². The largest absolute Gasteiger partial charge is 0.383 e. The zero-order chi connectivity index (χ0) is 19.8. The van der Waals surface area contributed by atoms with E-state index in [4.69, 9.17) is 4.74 Å². The molecule has 0 fully saturated rings. The van der Waals surface area contributed by atoms with E-state index in [1.807, 2.05) is 6.92 Å². The Morgan fingerprint density at radius 1 is 1.19 bits per heavy atom. The number of nitrogens with zero attached hydrogens (tertiary/aromatic N) is 1. The second kappa shape index (κ2) is 9.68. The monoisotopic (exact) mass is 373 g/mol. The summed E-state index contributed by atoms with van der Waals surface area (Å²) in [7, 11) is 3.11. The maximum atomic E-state index is 13.1. The van der Waals surface area contributed by atoms with Gasteiger partial charge in [-0.1, -0.05) is 18.2 Å². The molecule has 0 heterocycles. The molecular weight excluding hydrogens is 349 g/mol. The summed E-state index contributed by atoms with van der Waals surface area (Å²) in [6.45, 7) is 2.52. The molecule has 27 heavy (non-hydrogen) atoms. The van der Waals surface area contributed by atoms with Crippen molar-refractivity contribution < 1.29 is 18.7 Å². The molecule has 2 N–H and O–H groups in total. The van der Waals surface area contributed by atoms with Crippen LogP contribution in [0, 0.1) is 5.82 Å². The van der Waals surface area contributed by atoms with E-state index in [0.717, 1.165) is 5.56 Å². The number of ether oxygens (including phenoxy) is 1. The number of hydrogen-bond donors (Lipinski definition) is 2. The van der Waals surface area contributed by atoms with Crippen molar-refractivity contribution >= 4 is 17.6 Å². The van der Waals surface area contributed by atoms with E-state index in [0.29, 0.717) is 24.4 Å². The molecule has 0 aliphatic carbocycles. The minimum Gasteiger partial charge on any atom is -0.383 e. The van der Waals surface area contributed by atoms with E-state index >= 15 is 0 Å². The number of methoxy groups -OCH3 is 1. The van der Waals surface area contributed by atoms with E-state index in [-0.39, 0.29) is 23.8 Å². The van der Waals surface area contributed by atoms with Crippen LogP contribution in [0.5, 0.6) is 0 Å². The number of hydrogen-bond acceptors (Lipinski definition) is 3. The van der Waals surface area contributed by atoms with Crippen LogP contribution in [0.1, 0.15) is 22.8 Å². The fraction of sp³-hybridized carbons (Fsp3) is 0.300. The fourth-order valence-corrected chi connectivity index (χ4v) is 2.62. The summed E-state index contributed by atoms with van der Waals surface area (Å²) in [5, 5.41) is 5.36. The summed E-state index contributed by atoms with van der Waals surface area (Å²) >= 11 is 0. The van der Waals surface area contributed by atoms with Gasteiger partial charge in [-0.05, 0) is 42.8 Å². The third kappa shape index (κ3) is 5.79. The van der Waals surface area contributed by atoms with Gasteiger partial charge in [0.2, 0.25) is 0 Å². The zero-order valence-corrected chi connectivity index (χ0v) is 15.7. The molecule has 0 spiro atoms. The van der Waals surface area contributed by atoms with Crippen molar-refractivity contribution in [2.45, 2.75) is 19.5 Å². The Labute approximate surface area is 158 Å². The maximum absolute atomic E-state index is 13.1. The number of amides is 3. The van der Waals surface area contributed by atoms with Crippen molar-refractivity contribution in [3.8, 4) is 0 Å². The summed E-state index contributed by atoms with van der Waals surface area (Å²) < 4.78 is 18.3. The molecule has 1 atom stereocenters. The van der Waals surface area contributed by atoms with Crippen LogP contribution in [-0.2, 0) is 11.3 Å². The third-order valence-corrected chi connectivity index (χ3v) is 4.07. The van der Waals surface area contributed by atoms with Crippen LogP contribution in [-0.4, -0.2) is 43.6 Å². The molecule has 0 bridgehead atoms. The molecule has 0 saturated heterocycles. The highest BCUT2D eigenvalue weighted by Gasteiger charge is 2.21. The fourth-order valence-electron chi connectivity index (χ4n) is 2.62. The Bertz CT molecular complexity index is 780. The lowest BCUT2D eigenvalue weighted by Crippen LogP contribution is -2.43. The Morgan fingerprint density at radius 3 is 2.52 bits per heavy atom. The number of halogens is 1. The summed E-state index contributed by atoms with van der Waals surface area (Å²) in [6.07, 6.45) is 0. The van der Waals surface area contributed by atoms with Crippen molar-refractivity contribution in [1.82, 2.24) is 10.2 Å². The van der Waals surface area contributed by atoms with E-state index in [2.05, 4.69) is 10.6 Å². The van der Waals surface area contributed by atoms with Crippen LogP contribution in [0.3, 0.4) is 0 Å². The van der Waals surface area contributed by atoms with Crippen molar-refractivity contribution in [2.75, 3.05) is 26.1 Å². The van der Waals surface area contributed by atoms with Gasteiger partial charge in [0.25, 0.3) is 5.91 Å². The lowest BCUT2D eigenvalue weighted by molar-refractivity contribution is 0.0963. The van der Waals surface area contributed by atoms with Crippen LogP contribution >= 0.6 is 0 Å². The van der Waals surface area contributed by atoms with Crippen LogP contribution < -0.4 is 10.6 Å². The lowest BCUT2D eigenvalue weighted by Gasteiger charge is -2.29. The number of urea groups is 1. The highest BCUT2D eigenvalue weighted by atomic mass is 19.1. The van der Waals surface area contributed by atoms with Gasteiger partial charge in [0.05, 0.1) is 12.6 Å². The molecular formula is C20H24FN3O3. The molecule has 2 rings (SSSR count). The van der Waals surface area contributed by atoms with Crippen LogP contribution in [0.25, 0.3) is 0 Å². The van der Waals surface area contributed by atoms with Crippen LogP contribution in [0.2, 0.25) is 0 Å². The maximum Gasteiger partial charge on any atom is 0.322 e. The SMILES string of the molecule is CNC(=O)c1cccc(NC(=O)N(Cc2ccc(F)cc2)[C@H](C)COC)c1. The molecule has 0 radical (unpaired) electrons. The number of nitrogens with one attached hydrogen (secondary N) is 2. The van der Waals surface area contributed by atoms with Gasteiger partial charge in [0, 0.05) is 32.0 Å².